The average molecular weight is 388 g/mol. The van der Waals surface area contributed by atoms with Crippen molar-refractivity contribution >= 4 is 34.6 Å². The summed E-state index contributed by atoms with van der Waals surface area (Å²) >= 11 is 1.20. The lowest BCUT2D eigenvalue weighted by Gasteiger charge is -2.18. The molecule has 0 radical (unpaired) electrons. The van der Waals surface area contributed by atoms with Gasteiger partial charge in [0.05, 0.1) is 16.7 Å². The molecule has 7 nitrogen and oxygen atoms in total. The van der Waals surface area contributed by atoms with Crippen LogP contribution in [0.5, 0.6) is 0 Å². The second kappa shape index (κ2) is 9.03. The van der Waals surface area contributed by atoms with Gasteiger partial charge < -0.3 is 5.32 Å². The Labute approximate surface area is 161 Å². The molecule has 0 spiro atoms. The highest BCUT2D eigenvalue weighted by atomic mass is 32.2. The fraction of sp³-hybridized carbons (Fsp3) is 0.474. The lowest BCUT2D eigenvalue weighted by molar-refractivity contribution is -0.117. The van der Waals surface area contributed by atoms with E-state index in [1.54, 1.807) is 16.7 Å². The van der Waals surface area contributed by atoms with Gasteiger partial charge in [0.2, 0.25) is 5.91 Å². The topological polar surface area (TPSA) is 93.1 Å². The monoisotopic (exact) mass is 388 g/mol. The molecule has 3 amide bonds. The molecule has 2 aromatic rings. The Morgan fingerprint density at radius 1 is 1.26 bits per heavy atom. The predicted octanol–water partition coefficient (Wildman–Crippen LogP) is 2.84. The summed E-state index contributed by atoms with van der Waals surface area (Å²) < 4.78 is 1.74. The number of fused-ring (bicyclic) bond motifs is 1. The SMILES string of the molecule is CCCNC(=O)NC(=O)CSc1nc2ccccc2c(=O)n1C1CCCC1. The van der Waals surface area contributed by atoms with Crippen LogP contribution in [-0.2, 0) is 4.79 Å². The fourth-order valence-corrected chi connectivity index (χ4v) is 4.15. The van der Waals surface area contributed by atoms with E-state index in [9.17, 15) is 14.4 Å². The van der Waals surface area contributed by atoms with E-state index in [0.29, 0.717) is 22.6 Å². The number of nitrogens with one attached hydrogen (secondary N) is 2. The second-order valence-electron chi connectivity index (χ2n) is 6.62. The molecule has 1 aromatic carbocycles. The van der Waals surface area contributed by atoms with Gasteiger partial charge in [-0.25, -0.2) is 9.78 Å². The molecule has 0 unspecified atom stereocenters. The zero-order valence-corrected chi connectivity index (χ0v) is 16.2. The molecule has 8 heteroatoms. The quantitative estimate of drug-likeness (QED) is 0.586. The van der Waals surface area contributed by atoms with Crippen molar-refractivity contribution in [1.29, 1.82) is 0 Å². The van der Waals surface area contributed by atoms with Gasteiger partial charge in [0, 0.05) is 12.6 Å². The molecular weight excluding hydrogens is 364 g/mol. The number of urea groups is 1. The number of hydrogen-bond donors (Lipinski definition) is 2. The van der Waals surface area contributed by atoms with Gasteiger partial charge in [0.25, 0.3) is 5.56 Å². The Bertz CT molecular complexity index is 890. The van der Waals surface area contributed by atoms with Crippen LogP contribution in [0.2, 0.25) is 0 Å². The molecule has 1 aromatic heterocycles. The third-order valence-electron chi connectivity index (χ3n) is 4.59. The zero-order valence-electron chi connectivity index (χ0n) is 15.4. The van der Waals surface area contributed by atoms with Crippen molar-refractivity contribution in [2.75, 3.05) is 12.3 Å². The normalized spacial score (nSPS) is 14.4. The maximum Gasteiger partial charge on any atom is 0.321 e. The molecular formula is C19H24N4O3S. The van der Waals surface area contributed by atoms with Crippen molar-refractivity contribution in [2.24, 2.45) is 0 Å². The van der Waals surface area contributed by atoms with Crippen molar-refractivity contribution in [1.82, 2.24) is 20.2 Å². The third kappa shape index (κ3) is 4.68. The fourth-order valence-electron chi connectivity index (χ4n) is 3.29. The Balaban J connectivity index is 1.80. The van der Waals surface area contributed by atoms with E-state index >= 15 is 0 Å². The molecule has 1 aliphatic carbocycles. The molecule has 0 aliphatic heterocycles. The van der Waals surface area contributed by atoms with Crippen LogP contribution in [0.1, 0.15) is 45.1 Å². The maximum atomic E-state index is 13.0. The van der Waals surface area contributed by atoms with Gasteiger partial charge in [-0.15, -0.1) is 0 Å². The summed E-state index contributed by atoms with van der Waals surface area (Å²) in [6.07, 6.45) is 4.86. The van der Waals surface area contributed by atoms with Crippen LogP contribution in [0, 0.1) is 0 Å². The molecule has 1 saturated carbocycles. The molecule has 2 N–H and O–H groups in total. The van der Waals surface area contributed by atoms with Gasteiger partial charge in [-0.05, 0) is 31.4 Å². The number of imide groups is 1. The van der Waals surface area contributed by atoms with E-state index in [4.69, 9.17) is 0 Å². The summed E-state index contributed by atoms with van der Waals surface area (Å²) in [6.45, 7) is 2.45. The zero-order chi connectivity index (χ0) is 19.2. The number of rotatable bonds is 6. The third-order valence-corrected chi connectivity index (χ3v) is 5.54. The van der Waals surface area contributed by atoms with E-state index in [1.807, 2.05) is 19.1 Å². The summed E-state index contributed by atoms with van der Waals surface area (Å²) in [5.74, 6) is -0.384. The number of amides is 3. The van der Waals surface area contributed by atoms with Gasteiger partial charge >= 0.3 is 6.03 Å². The van der Waals surface area contributed by atoms with Crippen LogP contribution in [0.15, 0.2) is 34.2 Å². The van der Waals surface area contributed by atoms with Gasteiger partial charge in [0.15, 0.2) is 5.16 Å². The average Bonchev–Trinajstić information content (AvgIpc) is 3.19. The first-order chi connectivity index (χ1) is 13.1. The Hall–Kier alpha value is -2.35. The minimum absolute atomic E-state index is 0.0248. The molecule has 0 atom stereocenters. The van der Waals surface area contributed by atoms with Crippen LogP contribution < -0.4 is 16.2 Å². The summed E-state index contributed by atoms with van der Waals surface area (Å²) in [4.78, 5) is 41.3. The number of hydrogen-bond acceptors (Lipinski definition) is 5. The van der Waals surface area contributed by atoms with Gasteiger partial charge in [0.1, 0.15) is 0 Å². The first-order valence-electron chi connectivity index (χ1n) is 9.32. The van der Waals surface area contributed by atoms with Crippen LogP contribution in [0.3, 0.4) is 0 Å². The predicted molar refractivity (Wildman–Crippen MR) is 106 cm³/mol. The van der Waals surface area contributed by atoms with Gasteiger partial charge in [-0.1, -0.05) is 43.7 Å². The summed E-state index contributed by atoms with van der Waals surface area (Å²) in [5.41, 5.74) is 0.566. The smallest absolute Gasteiger partial charge is 0.321 e. The molecule has 1 heterocycles. The Morgan fingerprint density at radius 3 is 2.74 bits per heavy atom. The molecule has 3 rings (SSSR count). The number of nitrogens with zero attached hydrogens (tertiary/aromatic N) is 2. The molecule has 27 heavy (non-hydrogen) atoms. The van der Waals surface area contributed by atoms with Gasteiger partial charge in [-0.2, -0.15) is 0 Å². The molecule has 144 valence electrons. The summed E-state index contributed by atoms with van der Waals surface area (Å²) in [7, 11) is 0. The van der Waals surface area contributed by atoms with Crippen molar-refractivity contribution in [3.05, 3.63) is 34.6 Å². The van der Waals surface area contributed by atoms with Crippen molar-refractivity contribution in [3.8, 4) is 0 Å². The number of aromatic nitrogens is 2. The van der Waals surface area contributed by atoms with Crippen molar-refractivity contribution in [2.45, 2.75) is 50.2 Å². The number of benzene rings is 1. The highest BCUT2D eigenvalue weighted by Crippen LogP contribution is 2.32. The number of carbonyl (C=O) groups excluding carboxylic acids is 2. The lowest BCUT2D eigenvalue weighted by atomic mass is 10.2. The Morgan fingerprint density at radius 2 is 2.00 bits per heavy atom. The molecule has 0 bridgehead atoms. The maximum absolute atomic E-state index is 13.0. The van der Waals surface area contributed by atoms with E-state index in [0.717, 1.165) is 32.1 Å². The molecule has 0 saturated heterocycles. The van der Waals surface area contributed by atoms with Crippen molar-refractivity contribution < 1.29 is 9.59 Å². The van der Waals surface area contributed by atoms with Crippen LogP contribution in [-0.4, -0.2) is 33.8 Å². The minimum atomic E-state index is -0.498. The van der Waals surface area contributed by atoms with E-state index in [-0.39, 0.29) is 17.4 Å². The first kappa shape index (κ1) is 19.4. The minimum Gasteiger partial charge on any atom is -0.338 e. The molecule has 1 aliphatic rings. The highest BCUT2D eigenvalue weighted by molar-refractivity contribution is 7.99. The lowest BCUT2D eigenvalue weighted by Crippen LogP contribution is -2.40. The van der Waals surface area contributed by atoms with Crippen LogP contribution >= 0.6 is 11.8 Å². The summed E-state index contributed by atoms with van der Waals surface area (Å²) in [5, 5.41) is 6.03. The second-order valence-corrected chi connectivity index (χ2v) is 7.56. The van der Waals surface area contributed by atoms with E-state index < -0.39 is 11.9 Å². The first-order valence-corrected chi connectivity index (χ1v) is 10.3. The largest absolute Gasteiger partial charge is 0.338 e. The highest BCUT2D eigenvalue weighted by Gasteiger charge is 2.23. The number of carbonyl (C=O) groups is 2. The van der Waals surface area contributed by atoms with Crippen molar-refractivity contribution in [3.63, 3.8) is 0 Å². The summed E-state index contributed by atoms with van der Waals surface area (Å²) in [6, 6.07) is 6.89. The Kier molecular flexibility index (Phi) is 6.49. The number of para-hydroxylation sites is 1. The van der Waals surface area contributed by atoms with Gasteiger partial charge in [-0.3, -0.25) is 19.5 Å². The molecule has 1 fully saturated rings. The van der Waals surface area contributed by atoms with Crippen LogP contribution in [0.25, 0.3) is 10.9 Å². The van der Waals surface area contributed by atoms with E-state index in [2.05, 4.69) is 15.6 Å². The standard InChI is InChI=1S/C19H24N4O3S/c1-2-11-20-18(26)22-16(24)12-27-19-21-15-10-6-5-9-14(15)17(25)23(19)13-7-3-4-8-13/h5-6,9-10,13H,2-4,7-8,11-12H2,1H3,(H2,20,22,24,26). The van der Waals surface area contributed by atoms with Crippen LogP contribution in [0.4, 0.5) is 4.79 Å². The van der Waals surface area contributed by atoms with E-state index in [1.165, 1.54) is 11.8 Å². The number of thioether (sulfide) groups is 1.